The summed E-state index contributed by atoms with van der Waals surface area (Å²) in [5.41, 5.74) is 0. The van der Waals surface area contributed by atoms with Crippen molar-refractivity contribution < 1.29 is 19.4 Å². The van der Waals surface area contributed by atoms with Crippen LogP contribution < -0.4 is 5.32 Å². The quantitative estimate of drug-likeness (QED) is 0.420. The zero-order valence-electron chi connectivity index (χ0n) is 7.24. The molecule has 5 heteroatoms. The van der Waals surface area contributed by atoms with Gasteiger partial charge < -0.3 is 15.2 Å². The van der Waals surface area contributed by atoms with Crippen molar-refractivity contribution in [1.82, 2.24) is 5.32 Å². The van der Waals surface area contributed by atoms with Crippen molar-refractivity contribution in [2.75, 3.05) is 13.7 Å². The minimum absolute atomic E-state index is 0.0755. The van der Waals surface area contributed by atoms with Crippen LogP contribution in [0.1, 0.15) is 6.42 Å². The summed E-state index contributed by atoms with van der Waals surface area (Å²) in [7, 11) is 1.15. The van der Waals surface area contributed by atoms with Gasteiger partial charge in [-0.15, -0.1) is 6.42 Å². The average Bonchev–Trinajstić information content (AvgIpc) is 2.13. The largest absolute Gasteiger partial charge is 0.467 e. The number of carbonyl (C=O) groups excluding carboxylic acids is 2. The minimum Gasteiger partial charge on any atom is -0.467 e. The van der Waals surface area contributed by atoms with Crippen LogP contribution in [0.2, 0.25) is 0 Å². The summed E-state index contributed by atoms with van der Waals surface area (Å²) in [5, 5.41) is 11.3. The van der Waals surface area contributed by atoms with E-state index in [1.807, 2.05) is 0 Å². The third-order valence-corrected chi connectivity index (χ3v) is 1.23. The lowest BCUT2D eigenvalue weighted by atomic mass is 10.3. The second kappa shape index (κ2) is 6.03. The van der Waals surface area contributed by atoms with Crippen molar-refractivity contribution in [1.29, 1.82) is 0 Å². The first kappa shape index (κ1) is 11.5. The molecule has 13 heavy (non-hydrogen) atoms. The van der Waals surface area contributed by atoms with Gasteiger partial charge in [-0.25, -0.2) is 4.79 Å². The van der Waals surface area contributed by atoms with Gasteiger partial charge in [0.05, 0.1) is 20.1 Å². The number of rotatable bonds is 4. The highest BCUT2D eigenvalue weighted by atomic mass is 16.5. The smallest absolute Gasteiger partial charge is 0.336 e. The molecule has 5 nitrogen and oxygen atoms in total. The molecule has 0 aromatic heterocycles. The van der Waals surface area contributed by atoms with Crippen LogP contribution in [0, 0.1) is 12.3 Å². The summed E-state index contributed by atoms with van der Waals surface area (Å²) >= 11 is 0. The van der Waals surface area contributed by atoms with Crippen LogP contribution in [-0.4, -0.2) is 36.7 Å². The van der Waals surface area contributed by atoms with Gasteiger partial charge in [0.2, 0.25) is 5.91 Å². The summed E-state index contributed by atoms with van der Waals surface area (Å²) < 4.78 is 4.22. The molecule has 0 fully saturated rings. The van der Waals surface area contributed by atoms with Crippen molar-refractivity contribution in [2.45, 2.75) is 12.5 Å². The molecule has 0 saturated heterocycles. The molecule has 1 unspecified atom stereocenters. The number of methoxy groups -OCH3 is 1. The van der Waals surface area contributed by atoms with E-state index >= 15 is 0 Å². The molecule has 1 atom stereocenters. The SMILES string of the molecule is C#CCC(=O)NCC(O)C(=O)OC. The van der Waals surface area contributed by atoms with Crippen molar-refractivity contribution in [3.05, 3.63) is 0 Å². The summed E-state index contributed by atoms with van der Waals surface area (Å²) in [6.45, 7) is -0.187. The molecule has 0 radical (unpaired) electrons. The molecule has 72 valence electrons. The number of aliphatic hydroxyl groups is 1. The minimum atomic E-state index is -1.34. The molecule has 2 N–H and O–H groups in total. The topological polar surface area (TPSA) is 75.6 Å². The number of aliphatic hydroxyl groups excluding tert-OH is 1. The predicted molar refractivity (Wildman–Crippen MR) is 44.5 cm³/mol. The van der Waals surface area contributed by atoms with Crippen LogP contribution in [0.3, 0.4) is 0 Å². The van der Waals surface area contributed by atoms with Gasteiger partial charge in [0.15, 0.2) is 6.10 Å². The van der Waals surface area contributed by atoms with Gasteiger partial charge in [-0.3, -0.25) is 4.79 Å². The molecule has 0 heterocycles. The molecular weight excluding hydrogens is 174 g/mol. The number of nitrogens with one attached hydrogen (secondary N) is 1. The van der Waals surface area contributed by atoms with Crippen LogP contribution in [0.5, 0.6) is 0 Å². The van der Waals surface area contributed by atoms with E-state index in [0.717, 1.165) is 7.11 Å². The van der Waals surface area contributed by atoms with E-state index in [2.05, 4.69) is 16.0 Å². The first-order valence-corrected chi connectivity index (χ1v) is 3.58. The van der Waals surface area contributed by atoms with Gasteiger partial charge in [0.25, 0.3) is 0 Å². The van der Waals surface area contributed by atoms with E-state index in [4.69, 9.17) is 11.5 Å². The van der Waals surface area contributed by atoms with Crippen LogP contribution >= 0.6 is 0 Å². The van der Waals surface area contributed by atoms with Crippen molar-refractivity contribution in [3.8, 4) is 12.3 Å². The molecule has 0 spiro atoms. The molecule has 0 aromatic rings. The molecule has 0 rings (SSSR count). The maximum absolute atomic E-state index is 10.7. The number of hydrogen-bond acceptors (Lipinski definition) is 4. The number of hydrogen-bond donors (Lipinski definition) is 2. The first-order valence-electron chi connectivity index (χ1n) is 3.58. The van der Waals surface area contributed by atoms with E-state index in [9.17, 15) is 9.59 Å². The number of amides is 1. The maximum atomic E-state index is 10.7. The lowest BCUT2D eigenvalue weighted by Gasteiger charge is -2.08. The fourth-order valence-corrected chi connectivity index (χ4v) is 0.585. The third-order valence-electron chi connectivity index (χ3n) is 1.23. The molecule has 0 aliphatic heterocycles. The number of terminal acetylenes is 1. The van der Waals surface area contributed by atoms with E-state index in [1.165, 1.54) is 0 Å². The summed E-state index contributed by atoms with van der Waals surface area (Å²) in [6, 6.07) is 0. The highest BCUT2D eigenvalue weighted by molar-refractivity contribution is 5.80. The molecular formula is C8H11NO4. The lowest BCUT2D eigenvalue weighted by molar-refractivity contribution is -0.150. The predicted octanol–water partition coefficient (Wildman–Crippen LogP) is -1.34. The molecule has 0 bridgehead atoms. The number of carbonyl (C=O) groups is 2. The Balaban J connectivity index is 3.71. The Morgan fingerprint density at radius 1 is 1.69 bits per heavy atom. The zero-order chi connectivity index (χ0) is 10.3. The summed E-state index contributed by atoms with van der Waals surface area (Å²) in [4.78, 5) is 21.4. The fraction of sp³-hybridized carbons (Fsp3) is 0.500. The lowest BCUT2D eigenvalue weighted by Crippen LogP contribution is -2.36. The van der Waals surface area contributed by atoms with Gasteiger partial charge in [-0.1, -0.05) is 5.92 Å². The van der Waals surface area contributed by atoms with Gasteiger partial charge >= 0.3 is 5.97 Å². The Morgan fingerprint density at radius 3 is 2.77 bits per heavy atom. The molecule has 1 amide bonds. The Kier molecular flexibility index (Phi) is 5.32. The maximum Gasteiger partial charge on any atom is 0.336 e. The zero-order valence-corrected chi connectivity index (χ0v) is 7.24. The summed E-state index contributed by atoms with van der Waals surface area (Å²) in [6.07, 6.45) is 3.44. The van der Waals surface area contributed by atoms with E-state index in [-0.39, 0.29) is 13.0 Å². The highest BCUT2D eigenvalue weighted by Crippen LogP contribution is 1.85. The van der Waals surface area contributed by atoms with Gasteiger partial charge in [0.1, 0.15) is 0 Å². The van der Waals surface area contributed by atoms with Crippen LogP contribution in [-0.2, 0) is 14.3 Å². The average molecular weight is 185 g/mol. The first-order chi connectivity index (χ1) is 6.11. The van der Waals surface area contributed by atoms with Crippen LogP contribution in [0.4, 0.5) is 0 Å². The fourth-order valence-electron chi connectivity index (χ4n) is 0.585. The Morgan fingerprint density at radius 2 is 2.31 bits per heavy atom. The normalized spacial score (nSPS) is 11.2. The molecule has 0 aromatic carbocycles. The Labute approximate surface area is 76.1 Å². The monoisotopic (exact) mass is 185 g/mol. The third kappa shape index (κ3) is 4.82. The van der Waals surface area contributed by atoms with Crippen LogP contribution in [0.15, 0.2) is 0 Å². The highest BCUT2D eigenvalue weighted by Gasteiger charge is 2.15. The molecule has 0 aliphatic rings. The molecule has 0 saturated carbocycles. The van der Waals surface area contributed by atoms with Crippen LogP contribution in [0.25, 0.3) is 0 Å². The van der Waals surface area contributed by atoms with E-state index in [0.29, 0.717) is 0 Å². The number of ether oxygens (including phenoxy) is 1. The van der Waals surface area contributed by atoms with Gasteiger partial charge in [-0.05, 0) is 0 Å². The second-order valence-corrected chi connectivity index (χ2v) is 2.22. The van der Waals surface area contributed by atoms with Gasteiger partial charge in [0, 0.05) is 0 Å². The summed E-state index contributed by atoms with van der Waals surface area (Å²) in [5.74, 6) is 0.922. The van der Waals surface area contributed by atoms with E-state index < -0.39 is 18.0 Å². The van der Waals surface area contributed by atoms with Crippen molar-refractivity contribution in [2.24, 2.45) is 0 Å². The number of esters is 1. The van der Waals surface area contributed by atoms with Gasteiger partial charge in [-0.2, -0.15) is 0 Å². The standard InChI is InChI=1S/C8H11NO4/c1-3-4-7(11)9-5-6(10)8(12)13-2/h1,6,10H,4-5H2,2H3,(H,9,11). The Hall–Kier alpha value is -1.54. The molecule has 0 aliphatic carbocycles. The Bertz CT molecular complexity index is 231. The van der Waals surface area contributed by atoms with E-state index in [1.54, 1.807) is 0 Å². The van der Waals surface area contributed by atoms with Crippen molar-refractivity contribution in [3.63, 3.8) is 0 Å². The van der Waals surface area contributed by atoms with Crippen molar-refractivity contribution >= 4 is 11.9 Å². The second-order valence-electron chi connectivity index (χ2n) is 2.22.